The Morgan fingerprint density at radius 2 is 1.46 bits per heavy atom. The van der Waals surface area contributed by atoms with Gasteiger partial charge in [-0.3, -0.25) is 68.4 Å². The van der Waals surface area contributed by atoms with E-state index in [9.17, 15) is 52.2 Å². The monoisotopic (exact) mass is 1270 g/mol. The Morgan fingerprint density at radius 1 is 0.780 bits per heavy atom. The van der Waals surface area contributed by atoms with Crippen LogP contribution in [0.5, 0.6) is 5.75 Å². The number of alkyl halides is 2. The summed E-state index contributed by atoms with van der Waals surface area (Å²) < 4.78 is 44.1. The Morgan fingerprint density at radius 3 is 2.13 bits per heavy atom. The maximum atomic E-state index is 14.0. The average molecular weight is 1270 g/mol. The first kappa shape index (κ1) is 72.2. The molecule has 91 heavy (non-hydrogen) atoms. The minimum absolute atomic E-state index is 0.00140. The van der Waals surface area contributed by atoms with Crippen LogP contribution in [0, 0.1) is 25.2 Å². The predicted molar refractivity (Wildman–Crippen MR) is 337 cm³/mol. The molecule has 24 nitrogen and oxygen atoms in total. The van der Waals surface area contributed by atoms with Gasteiger partial charge in [-0.15, -0.1) is 6.42 Å². The van der Waals surface area contributed by atoms with Crippen molar-refractivity contribution in [2.24, 2.45) is 11.0 Å². The highest BCUT2D eigenvalue weighted by atomic mass is 19.3. The van der Waals surface area contributed by atoms with Gasteiger partial charge < -0.3 is 45.1 Å². The van der Waals surface area contributed by atoms with Crippen LogP contribution in [0.3, 0.4) is 0 Å². The highest BCUT2D eigenvalue weighted by molar-refractivity contribution is 6.07. The second-order valence-electron chi connectivity index (χ2n) is 23.6. The molecule has 0 spiro atoms. The first-order chi connectivity index (χ1) is 44.0. The van der Waals surface area contributed by atoms with Crippen LogP contribution in [-0.2, 0) is 49.5 Å². The largest absolute Gasteiger partial charge is 0.494 e. The number of terminal acetylenes is 1. The predicted octanol–water partition coefficient (Wildman–Crippen LogP) is 4.38. The molecule has 3 saturated heterocycles. The molecule has 2 aromatic carbocycles. The van der Waals surface area contributed by atoms with E-state index >= 15 is 0 Å². The van der Waals surface area contributed by atoms with Crippen LogP contribution in [0.4, 0.5) is 8.78 Å². The van der Waals surface area contributed by atoms with Gasteiger partial charge in [0, 0.05) is 109 Å². The lowest BCUT2D eigenvalue weighted by Crippen LogP contribution is -2.51. The summed E-state index contributed by atoms with van der Waals surface area (Å²) >= 11 is 0. The molecule has 5 amide bonds. The summed E-state index contributed by atoms with van der Waals surface area (Å²) in [7, 11) is 0. The van der Waals surface area contributed by atoms with E-state index in [1.165, 1.54) is 23.4 Å². The summed E-state index contributed by atoms with van der Waals surface area (Å²) in [6.45, 7) is 6.84. The Kier molecular flexibility index (Phi) is 31.3. The molecule has 5 N–H and O–H groups in total. The van der Waals surface area contributed by atoms with E-state index in [-0.39, 0.29) is 49.8 Å². The molecule has 4 heterocycles. The minimum atomic E-state index is -3.09. The molecule has 6 rings (SSSR count). The van der Waals surface area contributed by atoms with Crippen molar-refractivity contribution in [2.75, 3.05) is 118 Å². The molecule has 1 unspecified atom stereocenters. The van der Waals surface area contributed by atoms with Gasteiger partial charge in [-0.25, -0.2) is 8.78 Å². The van der Waals surface area contributed by atoms with Crippen LogP contribution >= 0.6 is 0 Å². The maximum Gasteiger partial charge on any atom is 0.317 e. The number of amides is 5. The number of aliphatic carboxylic acids is 1. The van der Waals surface area contributed by atoms with Crippen molar-refractivity contribution in [3.05, 3.63) is 71.4 Å². The van der Waals surface area contributed by atoms with Crippen LogP contribution in [0.1, 0.15) is 118 Å². The second-order valence-corrected chi connectivity index (χ2v) is 23.6. The normalized spacial score (nSPS) is 17.7. The van der Waals surface area contributed by atoms with Gasteiger partial charge >= 0.3 is 5.97 Å². The van der Waals surface area contributed by atoms with Gasteiger partial charge in [0.1, 0.15) is 25.4 Å². The first-order valence-corrected chi connectivity index (χ1v) is 31.8. The number of fused-ring (bicyclic) bond motifs is 1. The van der Waals surface area contributed by atoms with E-state index in [0.717, 1.165) is 62.7 Å². The van der Waals surface area contributed by atoms with Crippen molar-refractivity contribution in [2.45, 2.75) is 128 Å². The quantitative estimate of drug-likeness (QED) is 0.0135. The molecule has 26 heteroatoms. The van der Waals surface area contributed by atoms with Crippen molar-refractivity contribution < 1.29 is 66.5 Å². The molecule has 3 aromatic rings. The van der Waals surface area contributed by atoms with Crippen LogP contribution in [0.25, 0.3) is 10.9 Å². The van der Waals surface area contributed by atoms with Crippen molar-refractivity contribution in [1.29, 1.82) is 0 Å². The molecule has 0 aliphatic carbocycles. The summed E-state index contributed by atoms with van der Waals surface area (Å²) in [5.74, 6) is -2.23. The third-order valence-corrected chi connectivity index (χ3v) is 16.6. The molecule has 3 fully saturated rings. The average Bonchev–Trinajstić information content (AvgIpc) is 2.31. The number of hydrazone groups is 1. The fraction of sp³-hybridized carbons (Fsp3) is 0.600. The number of carbonyl (C=O) groups excluding carboxylic acids is 7. The summed E-state index contributed by atoms with van der Waals surface area (Å²) in [5, 5.41) is 23.4. The number of carboxylic acids is 1. The topological polar surface area (TPSA) is 277 Å². The van der Waals surface area contributed by atoms with Crippen molar-refractivity contribution in [3.63, 3.8) is 0 Å². The zero-order valence-corrected chi connectivity index (χ0v) is 52.6. The van der Waals surface area contributed by atoms with E-state index in [4.69, 9.17) is 20.6 Å². The molecule has 1 aromatic heterocycles. The number of piperidine rings is 1. The van der Waals surface area contributed by atoms with Gasteiger partial charge in [-0.05, 0) is 120 Å². The van der Waals surface area contributed by atoms with E-state index in [2.05, 4.69) is 61.6 Å². The van der Waals surface area contributed by atoms with Crippen molar-refractivity contribution >= 4 is 65.6 Å². The minimum Gasteiger partial charge on any atom is -0.494 e. The highest BCUT2D eigenvalue weighted by Crippen LogP contribution is 2.32. The number of likely N-dealkylation sites (tertiary alicyclic amines) is 2. The molecule has 3 aliphatic heterocycles. The molecule has 3 aliphatic rings. The number of hydrogen-bond donors (Lipinski definition) is 5. The maximum absolute atomic E-state index is 14.0. The standard InChI is InChI=1S/C65H92F2N12O12/c1-3-53-41-65(66,67)45-79(53)62(85)42-70-64(88)55-23-28-68-57-22-21-54(40-56(55)57)91-39-11-13-52-24-29-78(30-25-52)61(84)16-6-4-5-8-27-71-73-58(14-7-9-26-69-59(82)15-10-12-51-19-17-50(2)18-20-51)72-60(83)43-74-31-32-75(44-63(86)87)34-36-77(47-90-49-81)38-37-76(35-33-74)46-89-48-80/h1,17-23,27-28,40,48-49,52-53,58,73H,4-16,24-26,29-39,41-47H2,2H3,(H,69,82)(H,70,88)(H,72,83)(H,86,87)/b71-27+/t53-,58?/m0/s1. The number of nitrogens with one attached hydrogen (secondary N) is 4. The number of halogens is 2. The molecule has 0 bridgehead atoms. The number of nitrogens with zero attached hydrogens (tertiary/aromatic N) is 8. The highest BCUT2D eigenvalue weighted by Gasteiger charge is 2.46. The SMILES string of the molecule is C#C[C@H]1CC(F)(F)CN1C(=O)CNC(=O)c1ccnc2ccc(OCCCC3CCN(C(=O)CCCCC/C=N/NC(CCCCNC(=O)CCCc4ccc(C)cc4)NC(=O)CN4CCN(COC=O)CCN(COC=O)CCN(CC(=O)O)CC4)CC3)cc12. The Labute approximate surface area is 532 Å². The molecule has 0 saturated carbocycles. The van der Waals surface area contributed by atoms with E-state index in [1.54, 1.807) is 29.3 Å². The number of benzene rings is 2. The van der Waals surface area contributed by atoms with Gasteiger partial charge in [0.05, 0.1) is 49.9 Å². The number of ether oxygens (including phenoxy) is 3. The van der Waals surface area contributed by atoms with Crippen LogP contribution < -0.4 is 26.1 Å². The fourth-order valence-electron chi connectivity index (χ4n) is 11.3. The lowest BCUT2D eigenvalue weighted by atomic mass is 9.92. The lowest BCUT2D eigenvalue weighted by molar-refractivity contribution is -0.139. The number of pyridine rings is 1. The number of carboxylic acid groups (broad SMARTS) is 1. The zero-order chi connectivity index (χ0) is 65.2. The van der Waals surface area contributed by atoms with E-state index in [0.29, 0.717) is 153 Å². The second kappa shape index (κ2) is 39.4. The van der Waals surface area contributed by atoms with Gasteiger partial charge in [-0.1, -0.05) is 42.2 Å². The molecule has 498 valence electrons. The third kappa shape index (κ3) is 26.9. The summed E-state index contributed by atoms with van der Waals surface area (Å²) in [6.07, 6.45) is 18.4. The zero-order valence-electron chi connectivity index (χ0n) is 52.6. The van der Waals surface area contributed by atoms with Crippen molar-refractivity contribution in [3.8, 4) is 18.1 Å². The molecular weight excluding hydrogens is 1180 g/mol. The Balaban J connectivity index is 0.904. The summed E-state index contributed by atoms with van der Waals surface area (Å²) in [5.41, 5.74) is 6.32. The number of hydrogen-bond acceptors (Lipinski definition) is 18. The van der Waals surface area contributed by atoms with Crippen LogP contribution in [-0.4, -0.2) is 231 Å². The fourth-order valence-corrected chi connectivity index (χ4v) is 11.3. The molecule has 2 atom stereocenters. The number of aryl methyl sites for hydroxylation is 2. The number of carbonyl (C=O) groups is 8. The van der Waals surface area contributed by atoms with Gasteiger partial charge in [0.15, 0.2) is 0 Å². The molecular formula is C65H92F2N12O12. The van der Waals surface area contributed by atoms with Gasteiger partial charge in [0.25, 0.3) is 24.8 Å². The number of aromatic nitrogens is 1. The number of unbranched alkanes of at least 4 members (excludes halogenated alkanes) is 4. The van der Waals surface area contributed by atoms with Gasteiger partial charge in [0.2, 0.25) is 23.6 Å². The number of rotatable bonds is 36. The summed E-state index contributed by atoms with van der Waals surface area (Å²) in [6, 6.07) is 14.0. The Bertz CT molecular complexity index is 2870. The summed E-state index contributed by atoms with van der Waals surface area (Å²) in [4.78, 5) is 114. The first-order valence-electron chi connectivity index (χ1n) is 31.8. The van der Waals surface area contributed by atoms with Crippen molar-refractivity contribution in [1.82, 2.24) is 55.8 Å². The molecule has 0 radical (unpaired) electrons. The third-order valence-electron chi connectivity index (χ3n) is 16.6. The van der Waals surface area contributed by atoms with E-state index in [1.807, 2.05) is 26.5 Å². The lowest BCUT2D eigenvalue weighted by Gasteiger charge is -2.33. The Hall–Kier alpha value is -7.86. The van der Waals surface area contributed by atoms with Gasteiger partial charge in [-0.2, -0.15) is 5.10 Å². The van der Waals surface area contributed by atoms with Crippen LogP contribution in [0.2, 0.25) is 0 Å². The smallest absolute Gasteiger partial charge is 0.317 e. The van der Waals surface area contributed by atoms with Crippen LogP contribution in [0.15, 0.2) is 59.8 Å². The van der Waals surface area contributed by atoms with E-state index < -0.39 is 55.4 Å².